The maximum Gasteiger partial charge on any atom is 0.260 e. The smallest absolute Gasteiger partial charge is 0.260 e. The van der Waals surface area contributed by atoms with Gasteiger partial charge >= 0.3 is 0 Å². The topological polar surface area (TPSA) is 47.6 Å². The fourth-order valence-corrected chi connectivity index (χ4v) is 2.62. The Morgan fingerprint density at radius 2 is 1.81 bits per heavy atom. The third-order valence-corrected chi connectivity index (χ3v) is 4.12. The molecule has 0 saturated carbocycles. The molecule has 2 aromatic carbocycles. The first-order valence-electron chi connectivity index (χ1n) is 9.14. The predicted molar refractivity (Wildman–Crippen MR) is 104 cm³/mol. The van der Waals surface area contributed by atoms with Crippen molar-refractivity contribution in [3.8, 4) is 5.75 Å². The molecule has 0 fully saturated rings. The van der Waals surface area contributed by atoms with Gasteiger partial charge in [-0.3, -0.25) is 4.79 Å². The maximum atomic E-state index is 12.3. The standard InChI is InChI=1S/C22H29NO3/c1-16(2)20-11-10-17(3)14-21(20)26-18(4)22(24)23-12-13-25-15-19-8-6-5-7-9-19/h5-11,14,16,18H,12-13,15H2,1-4H3,(H,23,24)/t18-/m1/s1. The SMILES string of the molecule is Cc1ccc(C(C)C)c(O[C@H](C)C(=O)NCCOCc2ccccc2)c1. The number of amides is 1. The lowest BCUT2D eigenvalue weighted by Crippen LogP contribution is -2.38. The summed E-state index contributed by atoms with van der Waals surface area (Å²) in [6.07, 6.45) is -0.552. The first-order valence-corrected chi connectivity index (χ1v) is 9.14. The molecule has 2 rings (SSSR count). The van der Waals surface area contributed by atoms with Crippen LogP contribution < -0.4 is 10.1 Å². The molecular weight excluding hydrogens is 326 g/mol. The minimum atomic E-state index is -0.552. The number of carbonyl (C=O) groups is 1. The normalized spacial score (nSPS) is 12.0. The Balaban J connectivity index is 1.76. The molecule has 0 saturated heterocycles. The van der Waals surface area contributed by atoms with Crippen molar-refractivity contribution >= 4 is 5.91 Å². The highest BCUT2D eigenvalue weighted by Gasteiger charge is 2.17. The molecule has 4 heteroatoms. The highest BCUT2D eigenvalue weighted by atomic mass is 16.5. The molecule has 0 heterocycles. The number of hydrogen-bond acceptors (Lipinski definition) is 3. The van der Waals surface area contributed by atoms with Gasteiger partial charge in [0.1, 0.15) is 5.75 Å². The van der Waals surface area contributed by atoms with Crippen LogP contribution in [0.4, 0.5) is 0 Å². The molecule has 2 aromatic rings. The summed E-state index contributed by atoms with van der Waals surface area (Å²) >= 11 is 0. The van der Waals surface area contributed by atoms with Gasteiger partial charge in [0, 0.05) is 6.54 Å². The number of carbonyl (C=O) groups excluding carboxylic acids is 1. The van der Waals surface area contributed by atoms with Gasteiger partial charge in [-0.05, 0) is 42.5 Å². The monoisotopic (exact) mass is 355 g/mol. The molecule has 26 heavy (non-hydrogen) atoms. The van der Waals surface area contributed by atoms with Gasteiger partial charge in [-0.1, -0.05) is 56.3 Å². The zero-order valence-electron chi connectivity index (χ0n) is 16.1. The highest BCUT2D eigenvalue weighted by molar-refractivity contribution is 5.80. The predicted octanol–water partition coefficient (Wildman–Crippen LogP) is 4.22. The molecule has 0 unspecified atom stereocenters. The lowest BCUT2D eigenvalue weighted by atomic mass is 10.0. The third-order valence-electron chi connectivity index (χ3n) is 4.12. The number of nitrogens with one attached hydrogen (secondary N) is 1. The molecule has 1 N–H and O–H groups in total. The average molecular weight is 355 g/mol. The van der Waals surface area contributed by atoms with Crippen LogP contribution in [0, 0.1) is 6.92 Å². The lowest BCUT2D eigenvalue weighted by Gasteiger charge is -2.19. The summed E-state index contributed by atoms with van der Waals surface area (Å²) in [5, 5.41) is 2.86. The molecule has 0 aliphatic carbocycles. The van der Waals surface area contributed by atoms with E-state index < -0.39 is 6.10 Å². The number of benzene rings is 2. The molecule has 0 spiro atoms. The molecule has 0 aliphatic rings. The van der Waals surface area contributed by atoms with E-state index in [0.29, 0.717) is 25.7 Å². The number of rotatable bonds is 9. The van der Waals surface area contributed by atoms with E-state index in [0.717, 1.165) is 22.4 Å². The second-order valence-corrected chi connectivity index (χ2v) is 6.79. The Morgan fingerprint density at radius 1 is 1.08 bits per heavy atom. The third kappa shape index (κ3) is 6.19. The van der Waals surface area contributed by atoms with Gasteiger partial charge in [-0.15, -0.1) is 0 Å². The van der Waals surface area contributed by atoms with Gasteiger partial charge in [-0.2, -0.15) is 0 Å². The molecule has 0 radical (unpaired) electrons. The van der Waals surface area contributed by atoms with E-state index in [-0.39, 0.29) is 5.91 Å². The van der Waals surface area contributed by atoms with Crippen LogP contribution >= 0.6 is 0 Å². The van der Waals surface area contributed by atoms with E-state index in [1.165, 1.54) is 0 Å². The summed E-state index contributed by atoms with van der Waals surface area (Å²) in [7, 11) is 0. The van der Waals surface area contributed by atoms with Crippen LogP contribution in [0.2, 0.25) is 0 Å². The number of hydrogen-bond donors (Lipinski definition) is 1. The molecule has 1 atom stereocenters. The van der Waals surface area contributed by atoms with Gasteiger partial charge in [0.05, 0.1) is 13.2 Å². The Kier molecular flexibility index (Phi) is 7.67. The maximum absolute atomic E-state index is 12.3. The van der Waals surface area contributed by atoms with Crippen LogP contribution in [0.25, 0.3) is 0 Å². The summed E-state index contributed by atoms with van der Waals surface area (Å²) in [5.74, 6) is 0.986. The molecule has 140 valence electrons. The van der Waals surface area contributed by atoms with E-state index in [9.17, 15) is 4.79 Å². The highest BCUT2D eigenvalue weighted by Crippen LogP contribution is 2.28. The fraction of sp³-hybridized carbons (Fsp3) is 0.409. The lowest BCUT2D eigenvalue weighted by molar-refractivity contribution is -0.127. The summed E-state index contributed by atoms with van der Waals surface area (Å²) in [4.78, 5) is 12.3. The zero-order chi connectivity index (χ0) is 18.9. The second-order valence-electron chi connectivity index (χ2n) is 6.79. The molecular formula is C22H29NO3. The number of ether oxygens (including phenoxy) is 2. The van der Waals surface area contributed by atoms with Gasteiger partial charge in [0.2, 0.25) is 0 Å². The Hall–Kier alpha value is -2.33. The molecule has 0 bridgehead atoms. The van der Waals surface area contributed by atoms with Crippen molar-refractivity contribution in [3.05, 3.63) is 65.2 Å². The Labute approximate surface area is 156 Å². The van der Waals surface area contributed by atoms with Crippen LogP contribution in [0.5, 0.6) is 5.75 Å². The van der Waals surface area contributed by atoms with Gasteiger partial charge in [-0.25, -0.2) is 0 Å². The first-order chi connectivity index (χ1) is 12.5. The minimum absolute atomic E-state index is 0.135. The number of aryl methyl sites for hydroxylation is 1. The summed E-state index contributed by atoms with van der Waals surface area (Å²) in [6, 6.07) is 16.1. The molecule has 0 aliphatic heterocycles. The van der Waals surface area contributed by atoms with Gasteiger partial charge in [0.25, 0.3) is 5.91 Å². The van der Waals surface area contributed by atoms with Crippen molar-refractivity contribution in [2.24, 2.45) is 0 Å². The Morgan fingerprint density at radius 3 is 2.50 bits per heavy atom. The summed E-state index contributed by atoms with van der Waals surface area (Å²) in [6.45, 7) is 9.50. The van der Waals surface area contributed by atoms with Gasteiger partial charge in [0.15, 0.2) is 6.10 Å². The first kappa shape index (κ1) is 20.0. The van der Waals surface area contributed by atoms with Crippen molar-refractivity contribution in [1.82, 2.24) is 5.32 Å². The Bertz CT molecular complexity index is 698. The van der Waals surface area contributed by atoms with Crippen LogP contribution in [-0.4, -0.2) is 25.2 Å². The van der Waals surface area contributed by atoms with Crippen LogP contribution in [0.1, 0.15) is 43.4 Å². The van der Waals surface area contributed by atoms with E-state index >= 15 is 0 Å². The van der Waals surface area contributed by atoms with Crippen molar-refractivity contribution in [1.29, 1.82) is 0 Å². The largest absolute Gasteiger partial charge is 0.481 e. The molecule has 4 nitrogen and oxygen atoms in total. The fourth-order valence-electron chi connectivity index (χ4n) is 2.62. The van der Waals surface area contributed by atoms with Crippen LogP contribution in [0.3, 0.4) is 0 Å². The van der Waals surface area contributed by atoms with Crippen LogP contribution in [-0.2, 0) is 16.1 Å². The van der Waals surface area contributed by atoms with Crippen molar-refractivity contribution in [3.63, 3.8) is 0 Å². The molecule has 0 aromatic heterocycles. The quantitative estimate of drug-likeness (QED) is 0.685. The van der Waals surface area contributed by atoms with E-state index in [2.05, 4.69) is 31.3 Å². The van der Waals surface area contributed by atoms with Crippen molar-refractivity contribution < 1.29 is 14.3 Å². The zero-order valence-corrected chi connectivity index (χ0v) is 16.1. The molecule has 1 amide bonds. The van der Waals surface area contributed by atoms with Gasteiger partial charge < -0.3 is 14.8 Å². The second kappa shape index (κ2) is 9.97. The minimum Gasteiger partial charge on any atom is -0.481 e. The average Bonchev–Trinajstić information content (AvgIpc) is 2.62. The van der Waals surface area contributed by atoms with Crippen molar-refractivity contribution in [2.45, 2.75) is 46.3 Å². The summed E-state index contributed by atoms with van der Waals surface area (Å²) < 4.78 is 11.5. The summed E-state index contributed by atoms with van der Waals surface area (Å²) in [5.41, 5.74) is 3.35. The van der Waals surface area contributed by atoms with E-state index in [1.807, 2.05) is 43.3 Å². The van der Waals surface area contributed by atoms with Crippen molar-refractivity contribution in [2.75, 3.05) is 13.2 Å². The van der Waals surface area contributed by atoms with Crippen LogP contribution in [0.15, 0.2) is 48.5 Å². The van der Waals surface area contributed by atoms with E-state index in [1.54, 1.807) is 6.92 Å². The van der Waals surface area contributed by atoms with E-state index in [4.69, 9.17) is 9.47 Å².